The monoisotopic (exact) mass is 1290 g/mol. The van der Waals surface area contributed by atoms with Gasteiger partial charge in [0.2, 0.25) is 5.91 Å². The summed E-state index contributed by atoms with van der Waals surface area (Å²) in [5, 5.41) is 3.08. The van der Waals surface area contributed by atoms with E-state index in [4.69, 9.17) is 13.8 Å². The topological polar surface area (TPSA) is 111 Å². The van der Waals surface area contributed by atoms with Crippen molar-refractivity contribution in [2.45, 2.75) is 367 Å². The largest absolute Gasteiger partial charge is 0.472 e. The summed E-state index contributed by atoms with van der Waals surface area (Å²) in [6.07, 6.45) is 95.7. The molecule has 0 saturated heterocycles. The molecule has 91 heavy (non-hydrogen) atoms. The number of amides is 1. The molecule has 3 unspecified atom stereocenters. The number of carbonyl (C=O) groups excluding carboxylic acids is 2. The fourth-order valence-corrected chi connectivity index (χ4v) is 11.9. The Bertz CT molecular complexity index is 1880. The van der Waals surface area contributed by atoms with Gasteiger partial charge in [-0.15, -0.1) is 0 Å². The Hall–Kier alpha value is -3.07. The van der Waals surface area contributed by atoms with Crippen LogP contribution < -0.4 is 5.32 Å². The first-order valence-corrected chi connectivity index (χ1v) is 40.1. The SMILES string of the molecule is CC/C=C\C/C=C\C/C=C\C/C=C\C/C=C\CCCCCCCCCCCCCC(=O)OC(/C=C/CCCCCCCCCCCCC)C(COP(=O)(O)OCC[N+](C)(C)C)NC(=O)CCCCCCCCCCCCCCCCC/C=C\C/C=C\CCCCC. The highest BCUT2D eigenvalue weighted by Crippen LogP contribution is 2.43. The number of rotatable bonds is 70. The first-order valence-electron chi connectivity index (χ1n) is 38.6. The maximum absolute atomic E-state index is 13.7. The van der Waals surface area contributed by atoms with Crippen LogP contribution in [0.15, 0.2) is 97.2 Å². The number of carbonyl (C=O) groups is 2. The Morgan fingerprint density at radius 3 is 1.08 bits per heavy atom. The molecule has 0 saturated carbocycles. The van der Waals surface area contributed by atoms with Crippen molar-refractivity contribution in [2.75, 3.05) is 40.9 Å². The van der Waals surface area contributed by atoms with Gasteiger partial charge in [-0.2, -0.15) is 0 Å². The predicted molar refractivity (Wildman–Crippen MR) is 397 cm³/mol. The first kappa shape index (κ1) is 87.9. The first-order chi connectivity index (χ1) is 44.4. The number of ether oxygens (including phenoxy) is 1. The second-order valence-corrected chi connectivity index (χ2v) is 28.6. The van der Waals surface area contributed by atoms with Crippen molar-refractivity contribution in [3.8, 4) is 0 Å². The highest BCUT2D eigenvalue weighted by atomic mass is 31.2. The van der Waals surface area contributed by atoms with Gasteiger partial charge in [-0.3, -0.25) is 18.6 Å². The zero-order chi connectivity index (χ0) is 66.3. The van der Waals surface area contributed by atoms with E-state index < -0.39 is 20.0 Å². The van der Waals surface area contributed by atoms with E-state index in [-0.39, 0.29) is 31.5 Å². The molecule has 2 N–H and O–H groups in total. The van der Waals surface area contributed by atoms with Crippen LogP contribution in [0.1, 0.15) is 355 Å². The second-order valence-electron chi connectivity index (χ2n) is 27.1. The Morgan fingerprint density at radius 1 is 0.396 bits per heavy atom. The maximum Gasteiger partial charge on any atom is 0.472 e. The quantitative estimate of drug-likeness (QED) is 0.0205. The molecule has 0 bridgehead atoms. The third kappa shape index (κ3) is 71.1. The van der Waals surface area contributed by atoms with E-state index in [0.29, 0.717) is 17.4 Å². The van der Waals surface area contributed by atoms with Crippen molar-refractivity contribution in [3.63, 3.8) is 0 Å². The molecular formula is C81H148N2O7P+. The molecule has 3 atom stereocenters. The van der Waals surface area contributed by atoms with Crippen molar-refractivity contribution in [1.29, 1.82) is 0 Å². The lowest BCUT2D eigenvalue weighted by Crippen LogP contribution is -2.47. The standard InChI is InChI=1S/C81H147N2O7P/c1-7-10-13-16-19-22-25-28-30-32-34-36-38-40-41-43-45-47-49-51-53-56-59-62-65-68-71-74-81(85)90-79(72-69-66-63-60-57-54-27-24-21-18-15-12-9-3)78(77-89-91(86,87)88-76-75-83(4,5)6)82-80(84)73-70-67-64-61-58-55-52-50-48-46-44-42-39-37-35-33-31-29-26-23-20-17-14-11-8-2/h10,13,19-20,22-23,28-31,34,36,40-41,69,72,78-79H,7-9,11-12,14-18,21,24-27,32-33,35,37-39,42-68,70-71,73-77H2,1-6H3,(H-,82,84,86,87)/p+1/b13-10-,22-19-,23-20-,30-28-,31-29-,36-34-,41-40-,72-69+. The number of nitrogens with zero attached hydrogens (tertiary/aromatic N) is 1. The number of phosphoric acid groups is 1. The summed E-state index contributed by atoms with van der Waals surface area (Å²) in [6.45, 7) is 6.92. The summed E-state index contributed by atoms with van der Waals surface area (Å²) in [5.41, 5.74) is 0. The minimum absolute atomic E-state index is 0.0377. The fraction of sp³-hybridized carbons (Fsp3) is 0.778. The van der Waals surface area contributed by atoms with E-state index in [2.05, 4.69) is 111 Å². The smallest absolute Gasteiger partial charge is 0.456 e. The predicted octanol–water partition coefficient (Wildman–Crippen LogP) is 25.0. The zero-order valence-electron chi connectivity index (χ0n) is 60.6. The number of quaternary nitrogens is 1. The summed E-state index contributed by atoms with van der Waals surface area (Å²) < 4.78 is 30.9. The number of hydrogen-bond acceptors (Lipinski definition) is 6. The molecule has 528 valence electrons. The normalized spacial score (nSPS) is 14.0. The van der Waals surface area contributed by atoms with Crippen LogP contribution in [0.5, 0.6) is 0 Å². The van der Waals surface area contributed by atoms with Gasteiger partial charge < -0.3 is 19.4 Å². The molecule has 0 aromatic heterocycles. The summed E-state index contributed by atoms with van der Waals surface area (Å²) >= 11 is 0. The molecule has 0 heterocycles. The number of nitrogens with one attached hydrogen (secondary N) is 1. The van der Waals surface area contributed by atoms with Gasteiger partial charge in [0.05, 0.1) is 33.8 Å². The summed E-state index contributed by atoms with van der Waals surface area (Å²) in [4.78, 5) is 38.0. The van der Waals surface area contributed by atoms with Crippen LogP contribution in [0.4, 0.5) is 0 Å². The molecule has 0 aliphatic carbocycles. The van der Waals surface area contributed by atoms with Crippen LogP contribution >= 0.6 is 7.82 Å². The van der Waals surface area contributed by atoms with E-state index in [1.165, 1.54) is 225 Å². The van der Waals surface area contributed by atoms with Gasteiger partial charge in [0.15, 0.2) is 0 Å². The van der Waals surface area contributed by atoms with Crippen molar-refractivity contribution in [3.05, 3.63) is 97.2 Å². The molecular weight excluding hydrogens is 1140 g/mol. The summed E-state index contributed by atoms with van der Waals surface area (Å²) in [7, 11) is 1.50. The number of likely N-dealkylation sites (N-methyl/N-ethyl adjacent to an activating group) is 1. The fourth-order valence-electron chi connectivity index (χ4n) is 11.1. The number of phosphoric ester groups is 1. The van der Waals surface area contributed by atoms with Gasteiger partial charge in [0, 0.05) is 12.8 Å². The minimum atomic E-state index is -4.46. The summed E-state index contributed by atoms with van der Waals surface area (Å²) in [5.74, 6) is -0.498. The lowest BCUT2D eigenvalue weighted by atomic mass is 10.0. The van der Waals surface area contributed by atoms with Gasteiger partial charge in [-0.1, -0.05) is 330 Å². The van der Waals surface area contributed by atoms with E-state index in [9.17, 15) is 19.0 Å². The van der Waals surface area contributed by atoms with Crippen molar-refractivity contribution in [1.82, 2.24) is 5.32 Å². The molecule has 1 amide bonds. The van der Waals surface area contributed by atoms with Crippen LogP contribution in [0.3, 0.4) is 0 Å². The molecule has 0 rings (SSSR count). The molecule has 0 aromatic rings. The van der Waals surface area contributed by atoms with Crippen LogP contribution in [-0.2, 0) is 27.9 Å². The van der Waals surface area contributed by atoms with Crippen molar-refractivity contribution >= 4 is 19.7 Å². The molecule has 0 aliphatic heterocycles. The van der Waals surface area contributed by atoms with Crippen LogP contribution in [0, 0.1) is 0 Å². The maximum atomic E-state index is 13.7. The van der Waals surface area contributed by atoms with Crippen molar-refractivity contribution < 1.29 is 37.3 Å². The molecule has 0 radical (unpaired) electrons. The molecule has 0 spiro atoms. The molecule has 0 aliphatic rings. The van der Waals surface area contributed by atoms with E-state index in [1.807, 2.05) is 33.3 Å². The third-order valence-electron chi connectivity index (χ3n) is 17.0. The van der Waals surface area contributed by atoms with Gasteiger partial charge in [0.1, 0.15) is 19.3 Å². The highest BCUT2D eigenvalue weighted by Gasteiger charge is 2.30. The van der Waals surface area contributed by atoms with Gasteiger partial charge in [-0.05, 0) is 109 Å². The van der Waals surface area contributed by atoms with Crippen LogP contribution in [0.25, 0.3) is 0 Å². The number of esters is 1. The van der Waals surface area contributed by atoms with Gasteiger partial charge >= 0.3 is 13.8 Å². The molecule has 9 nitrogen and oxygen atoms in total. The number of hydrogen-bond donors (Lipinski definition) is 2. The van der Waals surface area contributed by atoms with Gasteiger partial charge in [-0.25, -0.2) is 4.57 Å². The van der Waals surface area contributed by atoms with E-state index >= 15 is 0 Å². The second kappa shape index (κ2) is 69.8. The van der Waals surface area contributed by atoms with Crippen LogP contribution in [-0.4, -0.2) is 74.3 Å². The molecule has 0 fully saturated rings. The zero-order valence-corrected chi connectivity index (χ0v) is 61.5. The molecule has 0 aromatic carbocycles. The average molecular weight is 1290 g/mol. The minimum Gasteiger partial charge on any atom is -0.456 e. The van der Waals surface area contributed by atoms with Gasteiger partial charge in [0.25, 0.3) is 0 Å². The Labute approximate surface area is 564 Å². The lowest BCUT2D eigenvalue weighted by Gasteiger charge is -2.27. The highest BCUT2D eigenvalue weighted by molar-refractivity contribution is 7.47. The summed E-state index contributed by atoms with van der Waals surface area (Å²) in [6, 6.07) is -0.855. The Morgan fingerprint density at radius 2 is 0.703 bits per heavy atom. The number of unbranched alkanes of at least 4 members (excludes halogenated alkanes) is 40. The molecule has 10 heteroatoms. The average Bonchev–Trinajstić information content (AvgIpc) is 3.73. The Balaban J connectivity index is 5.01. The van der Waals surface area contributed by atoms with Crippen LogP contribution in [0.2, 0.25) is 0 Å². The third-order valence-corrected chi connectivity index (χ3v) is 18.0. The Kier molecular flexibility index (Phi) is 67.4. The lowest BCUT2D eigenvalue weighted by molar-refractivity contribution is -0.870. The van der Waals surface area contributed by atoms with Crippen molar-refractivity contribution in [2.24, 2.45) is 0 Å². The number of allylic oxidation sites excluding steroid dienone is 15. The van der Waals surface area contributed by atoms with E-state index in [0.717, 1.165) is 96.3 Å². The van der Waals surface area contributed by atoms with E-state index in [1.54, 1.807) is 0 Å².